The van der Waals surface area contributed by atoms with E-state index in [1.54, 1.807) is 6.07 Å². The van der Waals surface area contributed by atoms with Gasteiger partial charge in [-0.1, -0.05) is 29.3 Å². The largest absolute Gasteiger partial charge is 0.370 e. The standard InChI is InChI=1S/C17H23Cl2N3O2/c18-14-2-1-13(11-15(14)19)16-12-22(9-10-24-16)17(23)3-6-21-7-4-20-5-8-21/h1-2,11,16,20H,3-10,12H2. The number of halogens is 2. The number of morpholine rings is 1. The van der Waals surface area contributed by atoms with Gasteiger partial charge in [-0.05, 0) is 17.7 Å². The maximum Gasteiger partial charge on any atom is 0.224 e. The molecule has 0 radical (unpaired) electrons. The summed E-state index contributed by atoms with van der Waals surface area (Å²) in [5, 5.41) is 4.37. The maximum absolute atomic E-state index is 12.5. The molecule has 2 aliphatic rings. The fraction of sp³-hybridized carbons (Fsp3) is 0.588. The summed E-state index contributed by atoms with van der Waals surface area (Å²) in [5.41, 5.74) is 0.962. The maximum atomic E-state index is 12.5. The van der Waals surface area contributed by atoms with E-state index in [4.69, 9.17) is 27.9 Å². The molecule has 7 heteroatoms. The third kappa shape index (κ3) is 4.61. The second kappa shape index (κ2) is 8.50. The van der Waals surface area contributed by atoms with Gasteiger partial charge in [-0.15, -0.1) is 0 Å². The van der Waals surface area contributed by atoms with Crippen molar-refractivity contribution >= 4 is 29.1 Å². The SMILES string of the molecule is O=C(CCN1CCNCC1)N1CCOC(c2ccc(Cl)c(Cl)c2)C1. The highest BCUT2D eigenvalue weighted by Crippen LogP contribution is 2.29. The summed E-state index contributed by atoms with van der Waals surface area (Å²) in [5.74, 6) is 0.196. The van der Waals surface area contributed by atoms with Crippen LogP contribution < -0.4 is 5.32 Å². The van der Waals surface area contributed by atoms with Crippen molar-refractivity contribution in [3.8, 4) is 0 Å². The molecule has 0 aliphatic carbocycles. The zero-order valence-corrected chi connectivity index (χ0v) is 15.2. The summed E-state index contributed by atoms with van der Waals surface area (Å²) in [6, 6.07) is 5.50. The molecule has 5 nitrogen and oxygen atoms in total. The van der Waals surface area contributed by atoms with Crippen molar-refractivity contribution in [3.63, 3.8) is 0 Å². The van der Waals surface area contributed by atoms with Crippen LogP contribution in [-0.4, -0.2) is 68.1 Å². The molecule has 2 saturated heterocycles. The highest BCUT2D eigenvalue weighted by Gasteiger charge is 2.26. The predicted octanol–water partition coefficient (Wildman–Crippen LogP) is 2.19. The first-order valence-corrected chi connectivity index (χ1v) is 9.16. The summed E-state index contributed by atoms with van der Waals surface area (Å²) < 4.78 is 5.82. The molecule has 1 atom stereocenters. The number of rotatable bonds is 4. The Labute approximate surface area is 152 Å². The van der Waals surface area contributed by atoms with Gasteiger partial charge >= 0.3 is 0 Å². The number of piperazine rings is 1. The van der Waals surface area contributed by atoms with E-state index in [9.17, 15) is 4.79 Å². The average Bonchev–Trinajstić information content (AvgIpc) is 2.63. The van der Waals surface area contributed by atoms with Crippen molar-refractivity contribution < 1.29 is 9.53 Å². The van der Waals surface area contributed by atoms with E-state index in [2.05, 4.69) is 10.2 Å². The van der Waals surface area contributed by atoms with Gasteiger partial charge in [-0.3, -0.25) is 4.79 Å². The van der Waals surface area contributed by atoms with Gasteiger partial charge in [0.15, 0.2) is 0 Å². The first-order valence-electron chi connectivity index (χ1n) is 8.41. The van der Waals surface area contributed by atoms with Crippen molar-refractivity contribution in [2.45, 2.75) is 12.5 Å². The molecule has 132 valence electrons. The third-order valence-electron chi connectivity index (χ3n) is 4.59. The summed E-state index contributed by atoms with van der Waals surface area (Å²) in [4.78, 5) is 16.8. The van der Waals surface area contributed by atoms with Gasteiger partial charge in [0.25, 0.3) is 0 Å². The molecular weight excluding hydrogens is 349 g/mol. The van der Waals surface area contributed by atoms with Crippen LogP contribution in [0.1, 0.15) is 18.1 Å². The van der Waals surface area contributed by atoms with Crippen LogP contribution in [-0.2, 0) is 9.53 Å². The van der Waals surface area contributed by atoms with Crippen molar-refractivity contribution in [1.82, 2.24) is 15.1 Å². The Balaban J connectivity index is 1.54. The number of hydrogen-bond acceptors (Lipinski definition) is 4. The van der Waals surface area contributed by atoms with Gasteiger partial charge in [-0.25, -0.2) is 0 Å². The lowest BCUT2D eigenvalue weighted by molar-refractivity contribution is -0.139. The molecule has 1 aromatic rings. The Morgan fingerprint density at radius 1 is 1.21 bits per heavy atom. The Hall–Kier alpha value is -0.850. The minimum absolute atomic E-state index is 0.142. The molecule has 1 N–H and O–H groups in total. The number of carbonyl (C=O) groups is 1. The summed E-state index contributed by atoms with van der Waals surface area (Å²) in [6.07, 6.45) is 0.422. The van der Waals surface area contributed by atoms with Crippen molar-refractivity contribution in [3.05, 3.63) is 33.8 Å². The number of amides is 1. The predicted molar refractivity (Wildman–Crippen MR) is 95.7 cm³/mol. The number of hydrogen-bond donors (Lipinski definition) is 1. The molecule has 2 fully saturated rings. The smallest absolute Gasteiger partial charge is 0.224 e. The van der Waals surface area contributed by atoms with Gasteiger partial charge in [0, 0.05) is 45.7 Å². The van der Waals surface area contributed by atoms with E-state index >= 15 is 0 Å². The lowest BCUT2D eigenvalue weighted by Gasteiger charge is -2.34. The third-order valence-corrected chi connectivity index (χ3v) is 5.33. The minimum Gasteiger partial charge on any atom is -0.370 e. The Bertz CT molecular complexity index is 579. The molecule has 0 aromatic heterocycles. The minimum atomic E-state index is -0.142. The van der Waals surface area contributed by atoms with E-state index in [0.717, 1.165) is 38.3 Å². The molecule has 0 bridgehead atoms. The zero-order chi connectivity index (χ0) is 16.9. The lowest BCUT2D eigenvalue weighted by Crippen LogP contribution is -2.46. The van der Waals surface area contributed by atoms with Gasteiger partial charge in [0.2, 0.25) is 5.91 Å². The van der Waals surface area contributed by atoms with Crippen LogP contribution in [0.4, 0.5) is 0 Å². The summed E-state index contributed by atoms with van der Waals surface area (Å²) >= 11 is 12.1. The van der Waals surface area contributed by atoms with E-state index in [0.29, 0.717) is 36.2 Å². The summed E-state index contributed by atoms with van der Waals surface area (Å²) in [7, 11) is 0. The normalized spacial score (nSPS) is 22.6. The molecule has 0 spiro atoms. The van der Waals surface area contributed by atoms with Crippen LogP contribution >= 0.6 is 23.2 Å². The van der Waals surface area contributed by atoms with Crippen molar-refractivity contribution in [1.29, 1.82) is 0 Å². The summed E-state index contributed by atoms with van der Waals surface area (Å²) in [6.45, 7) is 6.64. The van der Waals surface area contributed by atoms with E-state index < -0.39 is 0 Å². The van der Waals surface area contributed by atoms with E-state index in [1.165, 1.54) is 0 Å². The first kappa shape index (κ1) is 18.0. The Kier molecular flexibility index (Phi) is 6.36. The molecule has 3 rings (SSSR count). The van der Waals surface area contributed by atoms with Crippen LogP contribution in [0.15, 0.2) is 18.2 Å². The van der Waals surface area contributed by atoms with E-state index in [1.807, 2.05) is 17.0 Å². The second-order valence-corrected chi connectivity index (χ2v) is 7.03. The van der Waals surface area contributed by atoms with E-state index in [-0.39, 0.29) is 12.0 Å². The van der Waals surface area contributed by atoms with Gasteiger partial charge < -0.3 is 19.9 Å². The number of ether oxygens (including phenoxy) is 1. The highest BCUT2D eigenvalue weighted by atomic mass is 35.5. The fourth-order valence-electron chi connectivity index (χ4n) is 3.14. The molecule has 2 heterocycles. The van der Waals surface area contributed by atoms with Gasteiger partial charge in [0.05, 0.1) is 23.2 Å². The van der Waals surface area contributed by atoms with Crippen LogP contribution in [0, 0.1) is 0 Å². The molecule has 1 aromatic carbocycles. The molecule has 24 heavy (non-hydrogen) atoms. The van der Waals surface area contributed by atoms with Crippen LogP contribution in [0.3, 0.4) is 0 Å². The quantitative estimate of drug-likeness (QED) is 0.880. The zero-order valence-electron chi connectivity index (χ0n) is 13.6. The van der Waals surface area contributed by atoms with Crippen LogP contribution in [0.25, 0.3) is 0 Å². The Morgan fingerprint density at radius 3 is 2.75 bits per heavy atom. The van der Waals surface area contributed by atoms with Crippen LogP contribution in [0.5, 0.6) is 0 Å². The average molecular weight is 372 g/mol. The lowest BCUT2D eigenvalue weighted by atomic mass is 10.1. The monoisotopic (exact) mass is 371 g/mol. The number of benzene rings is 1. The number of nitrogens with one attached hydrogen (secondary N) is 1. The van der Waals surface area contributed by atoms with Crippen LogP contribution in [0.2, 0.25) is 10.0 Å². The molecule has 0 saturated carbocycles. The molecule has 1 unspecified atom stereocenters. The fourth-order valence-corrected chi connectivity index (χ4v) is 3.44. The van der Waals surface area contributed by atoms with Crippen molar-refractivity contribution in [2.75, 3.05) is 52.4 Å². The first-order chi connectivity index (χ1) is 11.6. The second-order valence-electron chi connectivity index (χ2n) is 6.21. The number of nitrogens with zero attached hydrogens (tertiary/aromatic N) is 2. The molecule has 2 aliphatic heterocycles. The molecule has 1 amide bonds. The van der Waals surface area contributed by atoms with Gasteiger partial charge in [-0.2, -0.15) is 0 Å². The molecular formula is C17H23Cl2N3O2. The topological polar surface area (TPSA) is 44.8 Å². The Morgan fingerprint density at radius 2 is 2.00 bits per heavy atom. The number of carbonyl (C=O) groups excluding carboxylic acids is 1. The van der Waals surface area contributed by atoms with Crippen molar-refractivity contribution in [2.24, 2.45) is 0 Å². The van der Waals surface area contributed by atoms with Gasteiger partial charge in [0.1, 0.15) is 6.10 Å². The highest BCUT2D eigenvalue weighted by molar-refractivity contribution is 6.42.